The maximum absolute atomic E-state index is 12.8. The molecule has 2 N–H and O–H groups in total. The van der Waals surface area contributed by atoms with Crippen LogP contribution < -0.4 is 20.1 Å². The molecule has 33 heavy (non-hydrogen) atoms. The summed E-state index contributed by atoms with van der Waals surface area (Å²) in [6, 6.07) is 12.2. The van der Waals surface area contributed by atoms with Crippen molar-refractivity contribution in [1.29, 1.82) is 0 Å². The van der Waals surface area contributed by atoms with Crippen LogP contribution in [0, 0.1) is 6.92 Å². The molecular weight excluding hydrogens is 444 g/mol. The van der Waals surface area contributed by atoms with Crippen LogP contribution in [-0.2, 0) is 17.8 Å². The van der Waals surface area contributed by atoms with E-state index >= 15 is 0 Å². The van der Waals surface area contributed by atoms with Crippen molar-refractivity contribution in [3.63, 3.8) is 0 Å². The Morgan fingerprint density at radius 2 is 2.00 bits per heavy atom. The predicted molar refractivity (Wildman–Crippen MR) is 121 cm³/mol. The number of benzene rings is 2. The number of aromatic nitrogens is 1. The van der Waals surface area contributed by atoms with Crippen LogP contribution in [0.1, 0.15) is 32.1 Å². The largest absolute Gasteiger partial charge is 0.454 e. The molecule has 3 heterocycles. The number of urea groups is 1. The van der Waals surface area contributed by atoms with Crippen LogP contribution in [0.15, 0.2) is 42.5 Å². The van der Waals surface area contributed by atoms with Crippen molar-refractivity contribution in [3.8, 4) is 11.5 Å². The molecule has 3 aromatic rings. The Hall–Kier alpha value is -3.92. The Morgan fingerprint density at radius 1 is 1.15 bits per heavy atom. The van der Waals surface area contributed by atoms with Crippen LogP contribution >= 0.6 is 11.3 Å². The van der Waals surface area contributed by atoms with E-state index in [4.69, 9.17) is 9.47 Å². The van der Waals surface area contributed by atoms with Crippen LogP contribution in [0.2, 0.25) is 0 Å². The van der Waals surface area contributed by atoms with Gasteiger partial charge < -0.3 is 14.8 Å². The van der Waals surface area contributed by atoms with Crippen LogP contribution in [-0.4, -0.2) is 41.1 Å². The number of nitrogens with zero attached hydrogens (tertiary/aromatic N) is 2. The Labute approximate surface area is 193 Å². The standard InChI is InChI=1S/C23H20N4O5S/c1-13-19(9-14-5-6-17-18(8-14)32-12-31-17)33-22(25-13)26-21(29)16-4-2-3-15(7-16)11-27-20(28)10-24-23(27)30/h2-8H,9-12H2,1H3,(H,24,30)(H,25,26,29). The van der Waals surface area contributed by atoms with E-state index in [1.54, 1.807) is 24.3 Å². The van der Waals surface area contributed by atoms with E-state index in [0.29, 0.717) is 22.7 Å². The highest BCUT2D eigenvalue weighted by atomic mass is 32.1. The van der Waals surface area contributed by atoms with E-state index in [1.165, 1.54) is 11.3 Å². The molecule has 2 aliphatic rings. The predicted octanol–water partition coefficient (Wildman–Crippen LogP) is 3.08. The summed E-state index contributed by atoms with van der Waals surface area (Å²) in [5.41, 5.74) is 3.02. The molecular formula is C23H20N4O5S. The van der Waals surface area contributed by atoms with E-state index in [0.717, 1.165) is 32.5 Å². The number of carbonyl (C=O) groups is 3. The molecule has 0 aliphatic carbocycles. The van der Waals surface area contributed by atoms with Crippen molar-refractivity contribution in [2.24, 2.45) is 0 Å². The Balaban J connectivity index is 1.27. The summed E-state index contributed by atoms with van der Waals surface area (Å²) in [6.07, 6.45) is 0.664. The van der Waals surface area contributed by atoms with Crippen LogP contribution in [0.4, 0.5) is 9.93 Å². The van der Waals surface area contributed by atoms with E-state index in [2.05, 4.69) is 15.6 Å². The van der Waals surface area contributed by atoms with Gasteiger partial charge in [-0.3, -0.25) is 19.8 Å². The third kappa shape index (κ3) is 4.37. The summed E-state index contributed by atoms with van der Waals surface area (Å²) in [5.74, 6) is 0.876. The first-order valence-electron chi connectivity index (χ1n) is 10.3. The normalized spacial score (nSPS) is 14.5. The molecule has 9 nitrogen and oxygen atoms in total. The second kappa shape index (κ2) is 8.55. The van der Waals surface area contributed by atoms with E-state index in [1.807, 2.05) is 25.1 Å². The number of rotatable bonds is 6. The smallest absolute Gasteiger partial charge is 0.324 e. The number of fused-ring (bicyclic) bond motifs is 1. The van der Waals surface area contributed by atoms with Gasteiger partial charge in [-0.25, -0.2) is 9.78 Å². The molecule has 0 radical (unpaired) electrons. The lowest BCUT2D eigenvalue weighted by molar-refractivity contribution is -0.125. The topological polar surface area (TPSA) is 110 Å². The van der Waals surface area contributed by atoms with Gasteiger partial charge in [0.15, 0.2) is 16.6 Å². The first kappa shape index (κ1) is 21.0. The molecule has 0 unspecified atom stereocenters. The number of ether oxygens (including phenoxy) is 2. The molecule has 4 amide bonds. The fraction of sp³-hybridized carbons (Fsp3) is 0.217. The summed E-state index contributed by atoms with van der Waals surface area (Å²) in [6.45, 7) is 2.25. The van der Waals surface area contributed by atoms with Crippen molar-refractivity contribution >= 4 is 34.3 Å². The van der Waals surface area contributed by atoms with Crippen molar-refractivity contribution < 1.29 is 23.9 Å². The number of hydrogen-bond acceptors (Lipinski definition) is 7. The molecule has 10 heteroatoms. The average Bonchev–Trinajstić information content (AvgIpc) is 3.49. The summed E-state index contributed by atoms with van der Waals surface area (Å²) in [5, 5.41) is 5.84. The van der Waals surface area contributed by atoms with Crippen molar-refractivity contribution in [2.45, 2.75) is 19.9 Å². The molecule has 0 saturated carbocycles. The molecule has 1 fully saturated rings. The van der Waals surface area contributed by atoms with Gasteiger partial charge in [-0.2, -0.15) is 0 Å². The summed E-state index contributed by atoms with van der Waals surface area (Å²) < 4.78 is 10.8. The summed E-state index contributed by atoms with van der Waals surface area (Å²) >= 11 is 1.42. The van der Waals surface area contributed by atoms with Gasteiger partial charge in [0.2, 0.25) is 12.7 Å². The number of nitrogens with one attached hydrogen (secondary N) is 2. The van der Waals surface area contributed by atoms with Crippen LogP contribution in [0.3, 0.4) is 0 Å². The van der Waals surface area contributed by atoms with Gasteiger partial charge in [0, 0.05) is 16.9 Å². The maximum atomic E-state index is 12.8. The Kier molecular flexibility index (Phi) is 5.43. The minimum Gasteiger partial charge on any atom is -0.454 e. The zero-order chi connectivity index (χ0) is 22.9. The molecule has 0 atom stereocenters. The van der Waals surface area contributed by atoms with Gasteiger partial charge in [-0.15, -0.1) is 11.3 Å². The monoisotopic (exact) mass is 464 g/mol. The number of thiazole rings is 1. The molecule has 2 aliphatic heterocycles. The number of hydrogen-bond donors (Lipinski definition) is 2. The van der Waals surface area contributed by atoms with Gasteiger partial charge >= 0.3 is 6.03 Å². The molecule has 0 bridgehead atoms. The third-order valence-corrected chi connectivity index (χ3v) is 6.45. The van der Waals surface area contributed by atoms with Gasteiger partial charge in [-0.1, -0.05) is 18.2 Å². The fourth-order valence-corrected chi connectivity index (χ4v) is 4.65. The molecule has 5 rings (SSSR count). The Morgan fingerprint density at radius 3 is 2.82 bits per heavy atom. The number of imide groups is 1. The Bertz CT molecular complexity index is 1260. The summed E-state index contributed by atoms with van der Waals surface area (Å²) in [7, 11) is 0. The van der Waals surface area contributed by atoms with Gasteiger partial charge in [0.1, 0.15) is 0 Å². The van der Waals surface area contributed by atoms with Gasteiger partial charge in [0.05, 0.1) is 18.8 Å². The lowest BCUT2D eigenvalue weighted by Crippen LogP contribution is -2.30. The third-order valence-electron chi connectivity index (χ3n) is 5.38. The second-order valence-corrected chi connectivity index (χ2v) is 8.77. The zero-order valence-corrected chi connectivity index (χ0v) is 18.5. The minimum absolute atomic E-state index is 0.00298. The molecule has 0 spiro atoms. The number of aryl methyl sites for hydroxylation is 1. The lowest BCUT2D eigenvalue weighted by Gasteiger charge is -2.13. The zero-order valence-electron chi connectivity index (χ0n) is 17.7. The number of anilines is 1. The average molecular weight is 465 g/mol. The van der Waals surface area contributed by atoms with E-state index in [-0.39, 0.29) is 31.7 Å². The van der Waals surface area contributed by atoms with Crippen molar-refractivity contribution in [1.82, 2.24) is 15.2 Å². The van der Waals surface area contributed by atoms with Gasteiger partial charge in [0.25, 0.3) is 5.91 Å². The van der Waals surface area contributed by atoms with Gasteiger partial charge in [-0.05, 0) is 42.3 Å². The van der Waals surface area contributed by atoms with Crippen LogP contribution in [0.5, 0.6) is 11.5 Å². The van der Waals surface area contributed by atoms with E-state index in [9.17, 15) is 14.4 Å². The fourth-order valence-electron chi connectivity index (χ4n) is 3.66. The number of carbonyl (C=O) groups excluding carboxylic acids is 3. The highest BCUT2D eigenvalue weighted by molar-refractivity contribution is 7.15. The molecule has 1 aromatic heterocycles. The summed E-state index contributed by atoms with van der Waals surface area (Å²) in [4.78, 5) is 43.0. The highest BCUT2D eigenvalue weighted by Crippen LogP contribution is 2.34. The second-order valence-electron chi connectivity index (χ2n) is 7.69. The molecule has 168 valence electrons. The first-order valence-corrected chi connectivity index (χ1v) is 11.1. The molecule has 1 saturated heterocycles. The SMILES string of the molecule is Cc1nc(NC(=O)c2cccc(CN3C(=O)CNC3=O)c2)sc1Cc1ccc2c(c1)OCO2. The van der Waals surface area contributed by atoms with E-state index < -0.39 is 6.03 Å². The minimum atomic E-state index is -0.428. The van der Waals surface area contributed by atoms with Crippen molar-refractivity contribution in [3.05, 3.63) is 69.7 Å². The maximum Gasteiger partial charge on any atom is 0.324 e. The van der Waals surface area contributed by atoms with Crippen molar-refractivity contribution in [2.75, 3.05) is 18.7 Å². The lowest BCUT2D eigenvalue weighted by atomic mass is 10.1. The quantitative estimate of drug-likeness (QED) is 0.543. The number of amides is 4. The van der Waals surface area contributed by atoms with Crippen LogP contribution in [0.25, 0.3) is 0 Å². The first-order chi connectivity index (χ1) is 16.0. The molecule has 2 aromatic carbocycles. The highest BCUT2D eigenvalue weighted by Gasteiger charge is 2.28.